The lowest BCUT2D eigenvalue weighted by molar-refractivity contribution is -0.141. The second-order valence-electron chi connectivity index (χ2n) is 4.28. The zero-order valence-corrected chi connectivity index (χ0v) is 11.4. The highest BCUT2D eigenvalue weighted by molar-refractivity contribution is 5.81. The van der Waals surface area contributed by atoms with Gasteiger partial charge in [-0.2, -0.15) is 0 Å². The standard InChI is InChI=1S/C17H17NO2/c1-3-17(19)20-14(2)18(15-10-6-4-7-11-15)16-12-8-5-9-13-16/h3-14H,1H2,2H3. The van der Waals surface area contributed by atoms with Crippen molar-refractivity contribution in [2.24, 2.45) is 0 Å². The summed E-state index contributed by atoms with van der Waals surface area (Å²) in [5.74, 6) is -0.436. The molecule has 0 bridgehead atoms. The van der Waals surface area contributed by atoms with Crippen LogP contribution >= 0.6 is 0 Å². The molecule has 0 saturated carbocycles. The fourth-order valence-corrected chi connectivity index (χ4v) is 2.02. The van der Waals surface area contributed by atoms with Gasteiger partial charge < -0.3 is 9.64 Å². The lowest BCUT2D eigenvalue weighted by Crippen LogP contribution is -2.32. The average molecular weight is 267 g/mol. The van der Waals surface area contributed by atoms with Gasteiger partial charge in [0, 0.05) is 17.5 Å². The number of ether oxygens (including phenoxy) is 1. The van der Waals surface area contributed by atoms with Crippen molar-refractivity contribution in [2.45, 2.75) is 13.2 Å². The number of para-hydroxylation sites is 2. The molecule has 2 aromatic rings. The molecule has 0 radical (unpaired) electrons. The number of anilines is 2. The van der Waals surface area contributed by atoms with Crippen LogP contribution in [0.4, 0.5) is 11.4 Å². The molecule has 0 aliphatic rings. The Morgan fingerprint density at radius 2 is 1.50 bits per heavy atom. The number of benzene rings is 2. The summed E-state index contributed by atoms with van der Waals surface area (Å²) >= 11 is 0. The molecule has 0 aliphatic heterocycles. The first-order valence-electron chi connectivity index (χ1n) is 6.45. The van der Waals surface area contributed by atoms with E-state index < -0.39 is 12.2 Å². The molecule has 0 amide bonds. The number of hydrogen-bond acceptors (Lipinski definition) is 3. The molecule has 20 heavy (non-hydrogen) atoms. The zero-order valence-electron chi connectivity index (χ0n) is 11.4. The van der Waals surface area contributed by atoms with Gasteiger partial charge in [-0.3, -0.25) is 0 Å². The summed E-state index contributed by atoms with van der Waals surface area (Å²) in [4.78, 5) is 13.4. The highest BCUT2D eigenvalue weighted by atomic mass is 16.6. The Kier molecular flexibility index (Phi) is 4.56. The van der Waals surface area contributed by atoms with Crippen LogP contribution in [0.5, 0.6) is 0 Å². The van der Waals surface area contributed by atoms with Gasteiger partial charge in [0.2, 0.25) is 0 Å². The van der Waals surface area contributed by atoms with Crippen molar-refractivity contribution in [1.29, 1.82) is 0 Å². The molecule has 0 aliphatic carbocycles. The van der Waals surface area contributed by atoms with Crippen LogP contribution in [0.25, 0.3) is 0 Å². The predicted octanol–water partition coefficient (Wildman–Crippen LogP) is 3.90. The Bertz CT molecular complexity index is 527. The van der Waals surface area contributed by atoms with Crippen molar-refractivity contribution < 1.29 is 9.53 Å². The fourth-order valence-electron chi connectivity index (χ4n) is 2.02. The van der Waals surface area contributed by atoms with Crippen LogP contribution in [0, 0.1) is 0 Å². The lowest BCUT2D eigenvalue weighted by atomic mass is 10.2. The van der Waals surface area contributed by atoms with Gasteiger partial charge in [-0.1, -0.05) is 43.0 Å². The van der Waals surface area contributed by atoms with E-state index in [4.69, 9.17) is 4.74 Å². The number of hydrogen-bond donors (Lipinski definition) is 0. The molecule has 0 aromatic heterocycles. The number of rotatable bonds is 5. The number of carbonyl (C=O) groups is 1. The van der Waals surface area contributed by atoms with Gasteiger partial charge in [-0.25, -0.2) is 4.79 Å². The van der Waals surface area contributed by atoms with Crippen molar-refractivity contribution >= 4 is 17.3 Å². The molecule has 0 spiro atoms. The van der Waals surface area contributed by atoms with Crippen LogP contribution in [-0.4, -0.2) is 12.2 Å². The summed E-state index contributed by atoms with van der Waals surface area (Å²) in [6.45, 7) is 5.26. The van der Waals surface area contributed by atoms with Gasteiger partial charge >= 0.3 is 5.97 Å². The summed E-state index contributed by atoms with van der Waals surface area (Å²) in [6, 6.07) is 19.6. The molecule has 0 saturated heterocycles. The SMILES string of the molecule is C=CC(=O)OC(C)N(c1ccccc1)c1ccccc1. The van der Waals surface area contributed by atoms with Gasteiger partial charge in [-0.05, 0) is 31.2 Å². The van der Waals surface area contributed by atoms with E-state index in [9.17, 15) is 4.79 Å². The van der Waals surface area contributed by atoms with Gasteiger partial charge in [0.05, 0.1) is 0 Å². The Balaban J connectivity index is 2.35. The molecular weight excluding hydrogens is 250 g/mol. The molecule has 0 heterocycles. The smallest absolute Gasteiger partial charge is 0.332 e. The van der Waals surface area contributed by atoms with Crippen molar-refractivity contribution in [2.75, 3.05) is 4.90 Å². The lowest BCUT2D eigenvalue weighted by Gasteiger charge is -2.30. The summed E-state index contributed by atoms with van der Waals surface area (Å²) in [5.41, 5.74) is 1.92. The Morgan fingerprint density at radius 3 is 1.90 bits per heavy atom. The van der Waals surface area contributed by atoms with E-state index in [-0.39, 0.29) is 0 Å². The minimum Gasteiger partial charge on any atom is -0.438 e. The molecule has 0 fully saturated rings. The minimum absolute atomic E-state index is 0.426. The molecule has 1 atom stereocenters. The van der Waals surface area contributed by atoms with Gasteiger partial charge in [-0.15, -0.1) is 0 Å². The first-order valence-corrected chi connectivity index (χ1v) is 6.45. The quantitative estimate of drug-likeness (QED) is 0.467. The average Bonchev–Trinajstić information content (AvgIpc) is 2.49. The number of nitrogens with zero attached hydrogens (tertiary/aromatic N) is 1. The zero-order chi connectivity index (χ0) is 14.4. The number of carbonyl (C=O) groups excluding carboxylic acids is 1. The van der Waals surface area contributed by atoms with Gasteiger partial charge in [0.15, 0.2) is 6.23 Å². The third-order valence-corrected chi connectivity index (χ3v) is 2.89. The molecule has 3 nitrogen and oxygen atoms in total. The first-order chi connectivity index (χ1) is 9.72. The van der Waals surface area contributed by atoms with E-state index in [1.54, 1.807) is 0 Å². The predicted molar refractivity (Wildman–Crippen MR) is 80.8 cm³/mol. The van der Waals surface area contributed by atoms with Gasteiger partial charge in [0.1, 0.15) is 0 Å². The maximum atomic E-state index is 11.4. The van der Waals surface area contributed by atoms with Crippen LogP contribution < -0.4 is 4.90 Å². The summed E-state index contributed by atoms with van der Waals surface area (Å²) < 4.78 is 5.34. The third-order valence-electron chi connectivity index (χ3n) is 2.89. The van der Waals surface area contributed by atoms with Gasteiger partial charge in [0.25, 0.3) is 0 Å². The molecule has 2 aromatic carbocycles. The normalized spacial score (nSPS) is 11.4. The van der Waals surface area contributed by atoms with E-state index in [2.05, 4.69) is 6.58 Å². The Labute approximate surface area is 119 Å². The Hall–Kier alpha value is -2.55. The molecule has 3 heteroatoms. The maximum Gasteiger partial charge on any atom is 0.332 e. The van der Waals surface area contributed by atoms with E-state index >= 15 is 0 Å². The Morgan fingerprint density at radius 1 is 1.05 bits per heavy atom. The van der Waals surface area contributed by atoms with Crippen LogP contribution in [0.15, 0.2) is 73.3 Å². The van der Waals surface area contributed by atoms with E-state index in [1.165, 1.54) is 6.08 Å². The van der Waals surface area contributed by atoms with Crippen LogP contribution in [0.1, 0.15) is 6.92 Å². The van der Waals surface area contributed by atoms with Crippen LogP contribution in [0.2, 0.25) is 0 Å². The van der Waals surface area contributed by atoms with Crippen molar-refractivity contribution in [3.05, 3.63) is 73.3 Å². The third kappa shape index (κ3) is 3.26. The highest BCUT2D eigenvalue weighted by Gasteiger charge is 2.18. The molecule has 102 valence electrons. The molecule has 2 rings (SSSR count). The van der Waals surface area contributed by atoms with E-state index in [1.807, 2.05) is 72.5 Å². The largest absolute Gasteiger partial charge is 0.438 e. The van der Waals surface area contributed by atoms with Crippen LogP contribution in [0.3, 0.4) is 0 Å². The van der Waals surface area contributed by atoms with Crippen LogP contribution in [-0.2, 0) is 9.53 Å². The second kappa shape index (κ2) is 6.57. The maximum absolute atomic E-state index is 11.4. The monoisotopic (exact) mass is 267 g/mol. The summed E-state index contributed by atoms with van der Waals surface area (Å²) in [6.07, 6.45) is 0.746. The summed E-state index contributed by atoms with van der Waals surface area (Å²) in [5, 5.41) is 0. The first kappa shape index (κ1) is 13.9. The van der Waals surface area contributed by atoms with Crippen molar-refractivity contribution in [3.8, 4) is 0 Å². The second-order valence-corrected chi connectivity index (χ2v) is 4.28. The number of esters is 1. The highest BCUT2D eigenvalue weighted by Crippen LogP contribution is 2.27. The molecular formula is C17H17NO2. The topological polar surface area (TPSA) is 29.5 Å². The van der Waals surface area contributed by atoms with Crippen molar-refractivity contribution in [3.63, 3.8) is 0 Å². The minimum atomic E-state index is -0.436. The summed E-state index contributed by atoms with van der Waals surface area (Å²) in [7, 11) is 0. The molecule has 0 N–H and O–H groups in total. The van der Waals surface area contributed by atoms with Crippen molar-refractivity contribution in [1.82, 2.24) is 0 Å². The fraction of sp³-hybridized carbons (Fsp3) is 0.118. The van der Waals surface area contributed by atoms with E-state index in [0.29, 0.717) is 0 Å². The van der Waals surface area contributed by atoms with E-state index in [0.717, 1.165) is 11.4 Å². The molecule has 1 unspecified atom stereocenters.